The molecular formula is C20H27Cl2N3O4. The number of aliphatic carboxylic acids is 1. The average molecular weight is 444 g/mol. The number of halogens is 2. The van der Waals surface area contributed by atoms with Crippen LogP contribution in [-0.4, -0.2) is 79.7 Å². The molecule has 2 aromatic rings. The van der Waals surface area contributed by atoms with Crippen LogP contribution in [0, 0.1) is 0 Å². The van der Waals surface area contributed by atoms with Crippen LogP contribution >= 0.6 is 23.2 Å². The predicted molar refractivity (Wildman–Crippen MR) is 115 cm³/mol. The third-order valence-electron chi connectivity index (χ3n) is 4.58. The van der Waals surface area contributed by atoms with Crippen LogP contribution in [0.5, 0.6) is 0 Å². The molecule has 0 saturated heterocycles. The van der Waals surface area contributed by atoms with Crippen LogP contribution in [0.25, 0.3) is 10.9 Å². The van der Waals surface area contributed by atoms with Crippen LogP contribution in [0.4, 0.5) is 0 Å². The highest BCUT2D eigenvalue weighted by molar-refractivity contribution is 6.39. The van der Waals surface area contributed by atoms with Crippen molar-refractivity contribution in [1.82, 2.24) is 14.8 Å². The molecule has 0 saturated carbocycles. The highest BCUT2D eigenvalue weighted by Gasteiger charge is 2.28. The Morgan fingerprint density at radius 1 is 1.14 bits per heavy atom. The molecule has 1 aromatic heterocycles. The van der Waals surface area contributed by atoms with Crippen LogP contribution in [0.3, 0.4) is 0 Å². The monoisotopic (exact) mass is 443 g/mol. The van der Waals surface area contributed by atoms with Gasteiger partial charge in [0, 0.05) is 22.5 Å². The van der Waals surface area contributed by atoms with E-state index in [9.17, 15) is 14.7 Å². The Balaban J connectivity index is 2.55. The second-order valence-corrected chi connectivity index (χ2v) is 8.39. The van der Waals surface area contributed by atoms with E-state index in [-0.39, 0.29) is 18.7 Å². The first-order valence-corrected chi connectivity index (χ1v) is 10.0. The van der Waals surface area contributed by atoms with Gasteiger partial charge in [0.15, 0.2) is 0 Å². The fourth-order valence-electron chi connectivity index (χ4n) is 3.21. The summed E-state index contributed by atoms with van der Waals surface area (Å²) in [6, 6.07) is 3.26. The first-order valence-electron chi connectivity index (χ1n) is 9.29. The van der Waals surface area contributed by atoms with Gasteiger partial charge in [0.25, 0.3) is 0 Å². The Kier molecular flexibility index (Phi) is 8.34. The number of aromatic amines is 1. The Morgan fingerprint density at radius 2 is 1.79 bits per heavy atom. The third-order valence-corrected chi connectivity index (χ3v) is 5.10. The Morgan fingerprint density at radius 3 is 2.38 bits per heavy atom. The van der Waals surface area contributed by atoms with E-state index in [4.69, 9.17) is 27.9 Å². The van der Waals surface area contributed by atoms with E-state index in [2.05, 4.69) is 4.98 Å². The lowest BCUT2D eigenvalue weighted by Gasteiger charge is -2.19. The van der Waals surface area contributed by atoms with Gasteiger partial charge in [-0.15, -0.1) is 0 Å². The molecule has 0 radical (unpaired) electrons. The summed E-state index contributed by atoms with van der Waals surface area (Å²) in [5.41, 5.74) is 1.38. The SMILES string of the molecule is CN(C)CCOC(=O)c1[nH]c2cc(Cl)cc(Cl)c2c1C(CCN(C)C)CC(=O)O. The quantitative estimate of drug-likeness (QED) is 0.544. The van der Waals surface area contributed by atoms with Gasteiger partial charge in [-0.05, 0) is 64.8 Å². The zero-order chi connectivity index (χ0) is 21.7. The highest BCUT2D eigenvalue weighted by Crippen LogP contribution is 2.39. The van der Waals surface area contributed by atoms with E-state index >= 15 is 0 Å². The first kappa shape index (κ1) is 23.5. The van der Waals surface area contributed by atoms with Gasteiger partial charge in [-0.3, -0.25) is 4.79 Å². The Hall–Kier alpha value is -1.80. The van der Waals surface area contributed by atoms with E-state index in [1.54, 1.807) is 12.1 Å². The molecule has 0 aliphatic rings. The normalized spacial score (nSPS) is 12.7. The zero-order valence-electron chi connectivity index (χ0n) is 17.1. The standard InChI is InChI=1S/C20H27Cl2N3O4/c1-24(2)6-5-12(9-16(26)27)17-18-14(22)10-13(21)11-15(18)23-19(17)20(28)29-8-7-25(3)4/h10-12,23H,5-9H2,1-4H3,(H,26,27). The van der Waals surface area contributed by atoms with Crippen molar-refractivity contribution in [1.29, 1.82) is 0 Å². The Bertz CT molecular complexity index is 880. The molecular weight excluding hydrogens is 417 g/mol. The van der Waals surface area contributed by atoms with E-state index in [0.29, 0.717) is 46.0 Å². The molecule has 160 valence electrons. The molecule has 0 amide bonds. The molecule has 1 aromatic carbocycles. The second kappa shape index (κ2) is 10.3. The molecule has 1 unspecified atom stereocenters. The number of benzene rings is 1. The summed E-state index contributed by atoms with van der Waals surface area (Å²) in [7, 11) is 7.59. The minimum Gasteiger partial charge on any atom is -0.481 e. The lowest BCUT2D eigenvalue weighted by molar-refractivity contribution is -0.137. The number of rotatable bonds is 10. The van der Waals surface area contributed by atoms with Gasteiger partial charge in [0.1, 0.15) is 12.3 Å². The summed E-state index contributed by atoms with van der Waals surface area (Å²) in [5.74, 6) is -1.90. The fraction of sp³-hybridized carbons (Fsp3) is 0.500. The minimum atomic E-state index is -0.944. The van der Waals surface area contributed by atoms with Crippen molar-refractivity contribution in [3.8, 4) is 0 Å². The number of fused-ring (bicyclic) bond motifs is 1. The van der Waals surface area contributed by atoms with Crippen LogP contribution < -0.4 is 0 Å². The number of carboxylic acid groups (broad SMARTS) is 1. The Labute approximate surface area is 180 Å². The van der Waals surface area contributed by atoms with Crippen molar-refractivity contribution in [2.75, 3.05) is 47.9 Å². The van der Waals surface area contributed by atoms with Gasteiger partial charge in [0.2, 0.25) is 0 Å². The smallest absolute Gasteiger partial charge is 0.355 e. The van der Waals surface area contributed by atoms with Gasteiger partial charge in [-0.25, -0.2) is 4.79 Å². The number of carbonyl (C=O) groups excluding carboxylic acids is 1. The fourth-order valence-corrected chi connectivity index (χ4v) is 3.80. The number of hydrogen-bond acceptors (Lipinski definition) is 5. The summed E-state index contributed by atoms with van der Waals surface area (Å²) in [4.78, 5) is 31.3. The summed E-state index contributed by atoms with van der Waals surface area (Å²) in [6.07, 6.45) is 0.418. The summed E-state index contributed by atoms with van der Waals surface area (Å²) in [5, 5.41) is 10.9. The van der Waals surface area contributed by atoms with Crippen LogP contribution in [-0.2, 0) is 9.53 Å². The molecule has 0 aliphatic carbocycles. The van der Waals surface area contributed by atoms with Gasteiger partial charge in [-0.2, -0.15) is 0 Å². The van der Waals surface area contributed by atoms with Gasteiger partial charge >= 0.3 is 11.9 Å². The maximum atomic E-state index is 12.8. The van der Waals surface area contributed by atoms with E-state index in [1.807, 2.05) is 38.0 Å². The van der Waals surface area contributed by atoms with Crippen molar-refractivity contribution in [3.63, 3.8) is 0 Å². The molecule has 9 heteroatoms. The zero-order valence-corrected chi connectivity index (χ0v) is 18.6. The molecule has 0 bridgehead atoms. The molecule has 0 spiro atoms. The summed E-state index contributed by atoms with van der Waals surface area (Å²) >= 11 is 12.6. The number of H-pyrrole nitrogens is 1. The lowest BCUT2D eigenvalue weighted by atomic mass is 9.89. The van der Waals surface area contributed by atoms with Crippen LogP contribution in [0.15, 0.2) is 12.1 Å². The molecule has 1 atom stereocenters. The number of nitrogens with one attached hydrogen (secondary N) is 1. The van der Waals surface area contributed by atoms with Crippen molar-refractivity contribution in [3.05, 3.63) is 33.4 Å². The molecule has 1 heterocycles. The number of carboxylic acids is 1. The summed E-state index contributed by atoms with van der Waals surface area (Å²) < 4.78 is 5.41. The lowest BCUT2D eigenvalue weighted by Crippen LogP contribution is -2.22. The number of esters is 1. The average Bonchev–Trinajstić information content (AvgIpc) is 2.97. The van der Waals surface area contributed by atoms with Crippen molar-refractivity contribution < 1.29 is 19.4 Å². The number of hydrogen-bond donors (Lipinski definition) is 2. The minimum absolute atomic E-state index is 0.127. The summed E-state index contributed by atoms with van der Waals surface area (Å²) in [6.45, 7) is 1.45. The molecule has 0 aliphatic heterocycles. The van der Waals surface area contributed by atoms with E-state index < -0.39 is 17.9 Å². The van der Waals surface area contributed by atoms with Crippen molar-refractivity contribution >= 4 is 46.0 Å². The number of carbonyl (C=O) groups is 2. The van der Waals surface area contributed by atoms with E-state index in [0.717, 1.165) is 0 Å². The molecule has 29 heavy (non-hydrogen) atoms. The number of aromatic nitrogens is 1. The van der Waals surface area contributed by atoms with Crippen molar-refractivity contribution in [2.45, 2.75) is 18.8 Å². The third kappa shape index (κ3) is 6.34. The maximum Gasteiger partial charge on any atom is 0.355 e. The van der Waals surface area contributed by atoms with Gasteiger partial charge in [0.05, 0.1) is 11.4 Å². The maximum absolute atomic E-state index is 12.8. The van der Waals surface area contributed by atoms with Crippen LogP contribution in [0.1, 0.15) is 34.8 Å². The molecule has 0 fully saturated rings. The van der Waals surface area contributed by atoms with Crippen LogP contribution in [0.2, 0.25) is 10.0 Å². The van der Waals surface area contributed by atoms with Gasteiger partial charge < -0.3 is 24.6 Å². The second-order valence-electron chi connectivity index (χ2n) is 7.55. The first-order chi connectivity index (χ1) is 13.6. The number of nitrogens with zero attached hydrogens (tertiary/aromatic N) is 2. The molecule has 2 N–H and O–H groups in total. The highest BCUT2D eigenvalue weighted by atomic mass is 35.5. The van der Waals surface area contributed by atoms with Crippen molar-refractivity contribution in [2.24, 2.45) is 0 Å². The number of ether oxygens (including phenoxy) is 1. The molecule has 2 rings (SSSR count). The number of likely N-dealkylation sites (N-methyl/N-ethyl adjacent to an activating group) is 1. The molecule has 7 nitrogen and oxygen atoms in total. The van der Waals surface area contributed by atoms with E-state index in [1.165, 1.54) is 0 Å². The predicted octanol–water partition coefficient (Wildman–Crippen LogP) is 3.70. The largest absolute Gasteiger partial charge is 0.481 e. The topological polar surface area (TPSA) is 85.9 Å². The van der Waals surface area contributed by atoms with Gasteiger partial charge in [-0.1, -0.05) is 23.2 Å².